The first-order valence-corrected chi connectivity index (χ1v) is 5.98. The normalized spacial score (nSPS) is 11.8. The van der Waals surface area contributed by atoms with Gasteiger partial charge in [-0.15, -0.1) is 0 Å². The average molecular weight is 242 g/mol. The Bertz CT molecular complexity index is 481. The Kier molecular flexibility index (Phi) is 4.67. The second-order valence-corrected chi connectivity index (χ2v) is 4.62. The average Bonchev–Trinajstić information content (AvgIpc) is 2.36. The topological polar surface area (TPSA) is 52.9 Å². The van der Waals surface area contributed by atoms with Crippen LogP contribution in [0.3, 0.4) is 0 Å². The minimum Gasteiger partial charge on any atom is -0.335 e. The molecule has 0 aliphatic rings. The van der Waals surface area contributed by atoms with Crippen LogP contribution in [0, 0.1) is 11.3 Å². The molecule has 0 aromatic heterocycles. The van der Waals surface area contributed by atoms with Crippen molar-refractivity contribution in [3.05, 3.63) is 42.0 Å². The summed E-state index contributed by atoms with van der Waals surface area (Å²) in [5, 5.41) is 11.5. The molecule has 0 aliphatic heterocycles. The van der Waals surface area contributed by atoms with Gasteiger partial charge in [0, 0.05) is 6.08 Å². The lowest BCUT2D eigenvalue weighted by Crippen LogP contribution is -2.41. The van der Waals surface area contributed by atoms with E-state index < -0.39 is 5.54 Å². The molecule has 1 rings (SSSR count). The molecule has 0 spiro atoms. The van der Waals surface area contributed by atoms with Crippen molar-refractivity contribution in [2.75, 3.05) is 0 Å². The standard InChI is InChI=1S/C15H18N2O/c1-4-12(13-8-6-5-7-9-13)10-14(18)17-15(2,3)11-16/h5-10H,4H2,1-3H3,(H,17,18)/b12-10+. The summed E-state index contributed by atoms with van der Waals surface area (Å²) >= 11 is 0. The third-order valence-electron chi connectivity index (χ3n) is 2.55. The molecule has 1 aromatic rings. The zero-order valence-corrected chi connectivity index (χ0v) is 11.0. The highest BCUT2D eigenvalue weighted by molar-refractivity contribution is 5.95. The number of hydrogen-bond donors (Lipinski definition) is 1. The summed E-state index contributed by atoms with van der Waals surface area (Å²) in [6.07, 6.45) is 2.33. The molecule has 0 saturated carbocycles. The van der Waals surface area contributed by atoms with Crippen LogP contribution < -0.4 is 5.32 Å². The fourth-order valence-electron chi connectivity index (χ4n) is 1.57. The number of nitrogens with one attached hydrogen (secondary N) is 1. The molecule has 18 heavy (non-hydrogen) atoms. The fourth-order valence-corrected chi connectivity index (χ4v) is 1.57. The summed E-state index contributed by atoms with van der Waals surface area (Å²) in [5.74, 6) is -0.234. The highest BCUT2D eigenvalue weighted by Crippen LogP contribution is 2.17. The quantitative estimate of drug-likeness (QED) is 0.825. The molecule has 3 nitrogen and oxygen atoms in total. The van der Waals surface area contributed by atoms with Crippen LogP contribution in [0.5, 0.6) is 0 Å². The molecule has 0 bridgehead atoms. The highest BCUT2D eigenvalue weighted by Gasteiger charge is 2.18. The van der Waals surface area contributed by atoms with Gasteiger partial charge in [-0.25, -0.2) is 0 Å². The molecule has 0 unspecified atom stereocenters. The number of benzene rings is 1. The molecule has 0 saturated heterocycles. The van der Waals surface area contributed by atoms with E-state index in [9.17, 15) is 4.79 Å². The second-order valence-electron chi connectivity index (χ2n) is 4.62. The summed E-state index contributed by atoms with van der Waals surface area (Å²) in [7, 11) is 0. The van der Waals surface area contributed by atoms with Crippen LogP contribution in [0.2, 0.25) is 0 Å². The molecule has 1 amide bonds. The van der Waals surface area contributed by atoms with Crippen molar-refractivity contribution in [2.24, 2.45) is 0 Å². The molecule has 1 N–H and O–H groups in total. The van der Waals surface area contributed by atoms with Gasteiger partial charge >= 0.3 is 0 Å². The lowest BCUT2D eigenvalue weighted by molar-refractivity contribution is -0.117. The van der Waals surface area contributed by atoms with E-state index in [1.165, 1.54) is 0 Å². The Morgan fingerprint density at radius 2 is 2.00 bits per heavy atom. The lowest BCUT2D eigenvalue weighted by Gasteiger charge is -2.16. The number of nitrogens with zero attached hydrogens (tertiary/aromatic N) is 1. The summed E-state index contributed by atoms with van der Waals surface area (Å²) < 4.78 is 0. The second kappa shape index (κ2) is 6.02. The minimum atomic E-state index is -0.844. The van der Waals surface area contributed by atoms with Crippen molar-refractivity contribution in [1.29, 1.82) is 5.26 Å². The Morgan fingerprint density at radius 1 is 1.39 bits per heavy atom. The highest BCUT2D eigenvalue weighted by atomic mass is 16.1. The van der Waals surface area contributed by atoms with E-state index in [1.54, 1.807) is 19.9 Å². The van der Waals surface area contributed by atoms with Gasteiger partial charge in [0.05, 0.1) is 6.07 Å². The molecule has 0 radical (unpaired) electrons. The lowest BCUT2D eigenvalue weighted by atomic mass is 10.0. The van der Waals surface area contributed by atoms with E-state index >= 15 is 0 Å². The van der Waals surface area contributed by atoms with Gasteiger partial charge < -0.3 is 5.32 Å². The Hall–Kier alpha value is -2.08. The molecule has 0 heterocycles. The number of carbonyl (C=O) groups is 1. The summed E-state index contributed by atoms with van der Waals surface area (Å²) in [6, 6.07) is 11.8. The smallest absolute Gasteiger partial charge is 0.245 e. The number of hydrogen-bond acceptors (Lipinski definition) is 2. The van der Waals surface area contributed by atoms with Crippen molar-refractivity contribution in [3.8, 4) is 6.07 Å². The van der Waals surface area contributed by atoms with Crippen molar-refractivity contribution in [2.45, 2.75) is 32.7 Å². The van der Waals surface area contributed by atoms with Crippen LogP contribution in [0.1, 0.15) is 32.8 Å². The largest absolute Gasteiger partial charge is 0.335 e. The number of allylic oxidation sites excluding steroid dienone is 1. The third kappa shape index (κ3) is 4.06. The van der Waals surface area contributed by atoms with Crippen LogP contribution in [-0.2, 0) is 4.79 Å². The Balaban J connectivity index is 2.87. The van der Waals surface area contributed by atoms with Gasteiger partial charge in [0.25, 0.3) is 0 Å². The maximum absolute atomic E-state index is 11.8. The third-order valence-corrected chi connectivity index (χ3v) is 2.55. The number of amides is 1. The zero-order valence-electron chi connectivity index (χ0n) is 11.0. The number of carbonyl (C=O) groups excluding carboxylic acids is 1. The van der Waals surface area contributed by atoms with Crippen LogP contribution >= 0.6 is 0 Å². The monoisotopic (exact) mass is 242 g/mol. The van der Waals surface area contributed by atoms with Gasteiger partial charge in [0.1, 0.15) is 5.54 Å². The summed E-state index contributed by atoms with van der Waals surface area (Å²) in [6.45, 7) is 5.35. The van der Waals surface area contributed by atoms with Gasteiger partial charge in [0.15, 0.2) is 0 Å². The first-order chi connectivity index (χ1) is 8.48. The number of rotatable bonds is 4. The van der Waals surface area contributed by atoms with Crippen LogP contribution in [0.4, 0.5) is 0 Å². The number of nitriles is 1. The first-order valence-electron chi connectivity index (χ1n) is 5.98. The molecule has 0 fully saturated rings. The van der Waals surface area contributed by atoms with Crippen molar-refractivity contribution in [1.82, 2.24) is 5.32 Å². The fraction of sp³-hybridized carbons (Fsp3) is 0.333. The van der Waals surface area contributed by atoms with Crippen LogP contribution in [-0.4, -0.2) is 11.4 Å². The van der Waals surface area contributed by atoms with Gasteiger partial charge in [-0.3, -0.25) is 4.79 Å². The molecule has 1 aromatic carbocycles. The van der Waals surface area contributed by atoms with Gasteiger partial charge in [-0.2, -0.15) is 5.26 Å². The summed E-state index contributed by atoms with van der Waals surface area (Å²) in [5.41, 5.74) is 1.15. The maximum Gasteiger partial charge on any atom is 0.245 e. The SMILES string of the molecule is CC/C(=C\C(=O)NC(C)(C)C#N)c1ccccc1. The Labute approximate surface area is 108 Å². The molecular formula is C15H18N2O. The van der Waals surface area contributed by atoms with Gasteiger partial charge in [0.2, 0.25) is 5.91 Å². The van der Waals surface area contributed by atoms with E-state index in [2.05, 4.69) is 5.32 Å². The minimum absolute atomic E-state index is 0.234. The molecule has 94 valence electrons. The van der Waals surface area contributed by atoms with Crippen LogP contribution in [0.15, 0.2) is 36.4 Å². The van der Waals surface area contributed by atoms with E-state index in [4.69, 9.17) is 5.26 Å². The van der Waals surface area contributed by atoms with Crippen LogP contribution in [0.25, 0.3) is 5.57 Å². The van der Waals surface area contributed by atoms with Crippen molar-refractivity contribution in [3.63, 3.8) is 0 Å². The van der Waals surface area contributed by atoms with E-state index in [-0.39, 0.29) is 5.91 Å². The molecule has 0 aliphatic carbocycles. The maximum atomic E-state index is 11.8. The predicted molar refractivity (Wildman–Crippen MR) is 72.5 cm³/mol. The first kappa shape index (κ1) is 14.0. The Morgan fingerprint density at radius 3 is 2.50 bits per heavy atom. The van der Waals surface area contributed by atoms with Crippen molar-refractivity contribution < 1.29 is 4.79 Å². The molecule has 0 atom stereocenters. The van der Waals surface area contributed by atoms with Crippen molar-refractivity contribution >= 4 is 11.5 Å². The van der Waals surface area contributed by atoms with E-state index in [0.29, 0.717) is 0 Å². The zero-order chi connectivity index (χ0) is 13.6. The summed E-state index contributed by atoms with van der Waals surface area (Å²) in [4.78, 5) is 11.8. The predicted octanol–water partition coefficient (Wildman–Crippen LogP) is 2.90. The van der Waals surface area contributed by atoms with Gasteiger partial charge in [-0.05, 0) is 31.4 Å². The molecular weight excluding hydrogens is 224 g/mol. The van der Waals surface area contributed by atoms with E-state index in [1.807, 2.05) is 43.3 Å². The van der Waals surface area contributed by atoms with E-state index in [0.717, 1.165) is 17.6 Å². The van der Waals surface area contributed by atoms with Gasteiger partial charge in [-0.1, -0.05) is 37.3 Å². The molecule has 3 heteroatoms.